The van der Waals surface area contributed by atoms with Gasteiger partial charge in [-0.3, -0.25) is 4.79 Å². The number of likely N-dealkylation sites (tertiary alicyclic amines) is 1. The number of rotatable bonds is 4. The van der Waals surface area contributed by atoms with Gasteiger partial charge in [-0.25, -0.2) is 0 Å². The van der Waals surface area contributed by atoms with Crippen LogP contribution in [-0.4, -0.2) is 40.1 Å². The van der Waals surface area contributed by atoms with Gasteiger partial charge < -0.3 is 15.2 Å². The predicted octanol–water partition coefficient (Wildman–Crippen LogP) is 1.64. The van der Waals surface area contributed by atoms with Crippen LogP contribution in [-0.2, 0) is 4.79 Å². The minimum atomic E-state index is -0.143. The van der Waals surface area contributed by atoms with E-state index in [1.165, 1.54) is 0 Å². The second-order valence-corrected chi connectivity index (χ2v) is 6.54. The molecule has 3 unspecified atom stereocenters. The van der Waals surface area contributed by atoms with Crippen LogP contribution in [0.15, 0.2) is 4.52 Å². The molecule has 1 aromatic heterocycles. The molecule has 1 amide bonds. The summed E-state index contributed by atoms with van der Waals surface area (Å²) in [4.78, 5) is 18.9. The molecule has 0 radical (unpaired) electrons. The number of carbonyl (C=O) groups excluding carboxylic acids is 1. The van der Waals surface area contributed by atoms with E-state index in [4.69, 9.17) is 10.3 Å². The molecule has 0 spiro atoms. The van der Waals surface area contributed by atoms with Crippen molar-refractivity contribution in [3.8, 4) is 0 Å². The average molecular weight is 292 g/mol. The molecule has 6 nitrogen and oxygen atoms in total. The third kappa shape index (κ3) is 3.10. The van der Waals surface area contributed by atoms with E-state index in [1.54, 1.807) is 0 Å². The van der Waals surface area contributed by atoms with E-state index < -0.39 is 0 Å². The van der Waals surface area contributed by atoms with E-state index in [1.807, 2.05) is 18.7 Å². The third-order valence-corrected chi connectivity index (χ3v) is 4.66. The van der Waals surface area contributed by atoms with Crippen LogP contribution in [0.4, 0.5) is 0 Å². The van der Waals surface area contributed by atoms with E-state index in [9.17, 15) is 4.79 Å². The molecule has 2 fully saturated rings. The van der Waals surface area contributed by atoms with Crippen molar-refractivity contribution < 1.29 is 9.32 Å². The van der Waals surface area contributed by atoms with E-state index in [0.29, 0.717) is 12.5 Å². The van der Waals surface area contributed by atoms with Gasteiger partial charge in [0.1, 0.15) is 0 Å². The average Bonchev–Trinajstić information content (AvgIpc) is 3.23. The zero-order valence-electron chi connectivity index (χ0n) is 12.8. The summed E-state index contributed by atoms with van der Waals surface area (Å²) in [6.45, 7) is 5.26. The Bertz CT molecular complexity index is 510. The highest BCUT2D eigenvalue weighted by Crippen LogP contribution is 2.39. The molecule has 1 aliphatic carbocycles. The summed E-state index contributed by atoms with van der Waals surface area (Å²) in [5.74, 6) is 2.21. The van der Waals surface area contributed by atoms with E-state index >= 15 is 0 Å². The van der Waals surface area contributed by atoms with Gasteiger partial charge in [-0.1, -0.05) is 12.1 Å². The summed E-state index contributed by atoms with van der Waals surface area (Å²) in [5.41, 5.74) is 5.85. The Labute approximate surface area is 125 Å². The number of nitrogens with two attached hydrogens (primary N) is 1. The number of amides is 1. The van der Waals surface area contributed by atoms with Crippen molar-refractivity contribution in [3.63, 3.8) is 0 Å². The van der Waals surface area contributed by atoms with Crippen LogP contribution < -0.4 is 5.73 Å². The van der Waals surface area contributed by atoms with Crippen molar-refractivity contribution in [2.75, 3.05) is 13.1 Å². The van der Waals surface area contributed by atoms with Crippen molar-refractivity contribution >= 4 is 5.91 Å². The fourth-order valence-corrected chi connectivity index (χ4v) is 2.81. The van der Waals surface area contributed by atoms with Gasteiger partial charge in [0.25, 0.3) is 0 Å². The molecule has 1 aliphatic heterocycles. The molecule has 2 heterocycles. The Morgan fingerprint density at radius 1 is 1.33 bits per heavy atom. The summed E-state index contributed by atoms with van der Waals surface area (Å²) in [6.07, 6.45) is 4.31. The molecule has 1 saturated carbocycles. The second kappa shape index (κ2) is 5.75. The van der Waals surface area contributed by atoms with Crippen molar-refractivity contribution in [1.82, 2.24) is 15.0 Å². The largest absolute Gasteiger partial charge is 0.342 e. The van der Waals surface area contributed by atoms with Crippen molar-refractivity contribution in [3.05, 3.63) is 11.7 Å². The topological polar surface area (TPSA) is 85.3 Å². The first kappa shape index (κ1) is 14.5. The molecule has 2 aliphatic rings. The summed E-state index contributed by atoms with van der Waals surface area (Å²) < 4.78 is 5.34. The maximum Gasteiger partial charge on any atom is 0.229 e. The van der Waals surface area contributed by atoms with Crippen molar-refractivity contribution in [1.29, 1.82) is 0 Å². The minimum Gasteiger partial charge on any atom is -0.342 e. The number of hydrogen-bond donors (Lipinski definition) is 1. The van der Waals surface area contributed by atoms with Crippen molar-refractivity contribution in [2.24, 2.45) is 11.7 Å². The van der Waals surface area contributed by atoms with Crippen LogP contribution >= 0.6 is 0 Å². The lowest BCUT2D eigenvalue weighted by Crippen LogP contribution is -2.45. The molecule has 0 bridgehead atoms. The van der Waals surface area contributed by atoms with E-state index in [2.05, 4.69) is 10.1 Å². The van der Waals surface area contributed by atoms with E-state index in [-0.39, 0.29) is 23.8 Å². The fraction of sp³-hybridized carbons (Fsp3) is 0.800. The number of nitrogens with zero attached hydrogens (tertiary/aromatic N) is 3. The lowest BCUT2D eigenvalue weighted by atomic mass is 9.95. The molecule has 0 aromatic carbocycles. The van der Waals surface area contributed by atoms with Crippen LogP contribution in [0.1, 0.15) is 63.1 Å². The van der Waals surface area contributed by atoms with Crippen LogP contribution in [0.5, 0.6) is 0 Å². The molecule has 21 heavy (non-hydrogen) atoms. The second-order valence-electron chi connectivity index (χ2n) is 6.54. The maximum atomic E-state index is 12.4. The number of aromatic nitrogens is 2. The molecule has 3 rings (SSSR count). The molecular formula is C15H24N4O2. The molecule has 116 valence electrons. The van der Waals surface area contributed by atoms with Crippen LogP contribution in [0.25, 0.3) is 0 Å². The highest BCUT2D eigenvalue weighted by Gasteiger charge is 2.33. The van der Waals surface area contributed by atoms with Gasteiger partial charge in [-0.2, -0.15) is 4.98 Å². The fourth-order valence-electron chi connectivity index (χ4n) is 2.81. The summed E-state index contributed by atoms with van der Waals surface area (Å²) >= 11 is 0. The molecule has 6 heteroatoms. The predicted molar refractivity (Wildman–Crippen MR) is 77.6 cm³/mol. The van der Waals surface area contributed by atoms with Gasteiger partial charge in [0.2, 0.25) is 11.8 Å². The van der Waals surface area contributed by atoms with Gasteiger partial charge >= 0.3 is 0 Å². The molecular weight excluding hydrogens is 268 g/mol. The first-order valence-corrected chi connectivity index (χ1v) is 7.94. The van der Waals surface area contributed by atoms with Crippen LogP contribution in [0, 0.1) is 5.92 Å². The summed E-state index contributed by atoms with van der Waals surface area (Å²) in [7, 11) is 0. The van der Waals surface area contributed by atoms with Gasteiger partial charge in [0.05, 0.1) is 5.92 Å². The molecule has 2 N–H and O–H groups in total. The molecule has 1 saturated heterocycles. The van der Waals surface area contributed by atoms with Gasteiger partial charge in [-0.05, 0) is 32.6 Å². The SMILES string of the molecule is CC(N)C(C)C(=O)N1CCCC(c2noc(C3CC3)n2)C1. The molecule has 3 atom stereocenters. The monoisotopic (exact) mass is 292 g/mol. The molecule has 1 aromatic rings. The Balaban J connectivity index is 1.65. The summed E-state index contributed by atoms with van der Waals surface area (Å²) in [5, 5.41) is 4.13. The summed E-state index contributed by atoms with van der Waals surface area (Å²) in [6, 6.07) is -0.121. The Morgan fingerprint density at radius 2 is 2.10 bits per heavy atom. The maximum absolute atomic E-state index is 12.4. The Hall–Kier alpha value is -1.43. The zero-order chi connectivity index (χ0) is 15.0. The van der Waals surface area contributed by atoms with Gasteiger partial charge in [0.15, 0.2) is 5.82 Å². The lowest BCUT2D eigenvalue weighted by Gasteiger charge is -2.33. The third-order valence-electron chi connectivity index (χ3n) is 4.66. The first-order valence-electron chi connectivity index (χ1n) is 7.94. The Kier molecular flexibility index (Phi) is 3.97. The number of hydrogen-bond acceptors (Lipinski definition) is 5. The van der Waals surface area contributed by atoms with Gasteiger partial charge in [-0.15, -0.1) is 0 Å². The van der Waals surface area contributed by atoms with Crippen LogP contribution in [0.2, 0.25) is 0 Å². The lowest BCUT2D eigenvalue weighted by molar-refractivity contribution is -0.136. The number of carbonyl (C=O) groups is 1. The van der Waals surface area contributed by atoms with Gasteiger partial charge in [0, 0.05) is 31.0 Å². The Morgan fingerprint density at radius 3 is 2.76 bits per heavy atom. The first-order chi connectivity index (χ1) is 10.1. The van der Waals surface area contributed by atoms with Crippen molar-refractivity contribution in [2.45, 2.75) is 57.4 Å². The van der Waals surface area contributed by atoms with Crippen LogP contribution in [0.3, 0.4) is 0 Å². The quantitative estimate of drug-likeness (QED) is 0.911. The smallest absolute Gasteiger partial charge is 0.229 e. The highest BCUT2D eigenvalue weighted by atomic mass is 16.5. The minimum absolute atomic E-state index is 0.121. The standard InChI is InChI=1S/C15H24N4O2/c1-9(10(2)16)15(20)19-7-3-4-12(8-19)13-17-14(21-18-13)11-5-6-11/h9-12H,3-8,16H2,1-2H3. The number of piperidine rings is 1. The normalized spacial score (nSPS) is 25.7. The highest BCUT2D eigenvalue weighted by molar-refractivity contribution is 5.79. The van der Waals surface area contributed by atoms with E-state index in [0.717, 1.165) is 43.9 Å². The zero-order valence-corrected chi connectivity index (χ0v) is 12.8.